The Morgan fingerprint density at radius 3 is 2.41 bits per heavy atom. The zero-order valence-corrected chi connectivity index (χ0v) is 19.3. The first-order valence-electron chi connectivity index (χ1n) is 10.5. The van der Waals surface area contributed by atoms with Crippen molar-refractivity contribution >= 4 is 28.9 Å². The Labute approximate surface area is 196 Å². The number of azo groups is 1. The van der Waals surface area contributed by atoms with Gasteiger partial charge >= 0.3 is 6.09 Å². The highest BCUT2D eigenvalue weighted by molar-refractivity contribution is 5.87. The normalized spacial score (nSPS) is 11.6. The molecule has 0 amide bonds. The summed E-state index contributed by atoms with van der Waals surface area (Å²) < 4.78 is 17.7. The number of carbonyl (C=O) groups excluding carboxylic acids is 1. The van der Waals surface area contributed by atoms with Crippen LogP contribution in [-0.2, 0) is 11.3 Å². The van der Waals surface area contributed by atoms with Crippen molar-refractivity contribution in [3.8, 4) is 11.6 Å². The van der Waals surface area contributed by atoms with E-state index >= 15 is 0 Å². The van der Waals surface area contributed by atoms with Gasteiger partial charge in [0.05, 0.1) is 12.8 Å². The average Bonchev–Trinajstić information content (AvgIpc) is 3.25. The van der Waals surface area contributed by atoms with E-state index in [9.17, 15) is 4.79 Å². The lowest BCUT2D eigenvalue weighted by Crippen LogP contribution is -2.26. The van der Waals surface area contributed by atoms with Crippen molar-refractivity contribution in [3.05, 3.63) is 66.5 Å². The van der Waals surface area contributed by atoms with Crippen LogP contribution in [0.5, 0.6) is 11.6 Å². The second-order valence-corrected chi connectivity index (χ2v) is 8.27. The van der Waals surface area contributed by atoms with Gasteiger partial charge < -0.3 is 14.2 Å². The Morgan fingerprint density at radius 2 is 1.74 bits per heavy atom. The van der Waals surface area contributed by atoms with E-state index < -0.39 is 11.7 Å². The number of imidazole rings is 1. The topological polar surface area (TPSA) is 113 Å². The number of carbonyl (C=O) groups is 1. The van der Waals surface area contributed by atoms with Gasteiger partial charge in [0, 0.05) is 0 Å². The molecule has 0 aliphatic heterocycles. The lowest BCUT2D eigenvalue weighted by atomic mass is 10.2. The van der Waals surface area contributed by atoms with Crippen LogP contribution in [0.2, 0.25) is 0 Å². The zero-order valence-electron chi connectivity index (χ0n) is 19.3. The van der Waals surface area contributed by atoms with Gasteiger partial charge in [0.15, 0.2) is 11.2 Å². The van der Waals surface area contributed by atoms with Gasteiger partial charge in [0.25, 0.3) is 5.95 Å². The fraction of sp³-hybridized carbons (Fsp3) is 0.250. The van der Waals surface area contributed by atoms with Crippen molar-refractivity contribution in [1.82, 2.24) is 19.5 Å². The van der Waals surface area contributed by atoms with Crippen LogP contribution in [-0.4, -0.2) is 38.3 Å². The molecule has 2 aromatic heterocycles. The number of aromatic nitrogens is 4. The maximum Gasteiger partial charge on any atom is 0.421 e. The standard InChI is InChI=1S/C24H24N6O4/c1-24(2,3)34-23(31)30-15-25-19-20(30)26-22(29-28-17-10-12-18(32-4)13-11-17)27-21(19)33-14-16-8-6-5-7-9-16/h5-13,15H,14H2,1-4H3. The van der Waals surface area contributed by atoms with E-state index in [1.54, 1.807) is 52.1 Å². The fourth-order valence-electron chi connectivity index (χ4n) is 2.93. The molecule has 0 bridgehead atoms. The molecule has 2 aromatic carbocycles. The second-order valence-electron chi connectivity index (χ2n) is 8.27. The Balaban J connectivity index is 1.70. The van der Waals surface area contributed by atoms with Crippen LogP contribution in [0.3, 0.4) is 0 Å². The SMILES string of the molecule is COc1ccc(N=Nc2nc(OCc3ccccc3)c3ncn(C(=O)OC(C)(C)C)c3n2)cc1. The minimum atomic E-state index is -0.690. The Hall–Kier alpha value is -4.34. The number of ether oxygens (including phenoxy) is 3. The summed E-state index contributed by atoms with van der Waals surface area (Å²) in [5, 5.41) is 8.32. The highest BCUT2D eigenvalue weighted by Crippen LogP contribution is 2.27. The van der Waals surface area contributed by atoms with Crippen molar-refractivity contribution in [2.24, 2.45) is 10.2 Å². The third kappa shape index (κ3) is 5.52. The molecule has 174 valence electrons. The molecule has 0 saturated heterocycles. The number of hydrogen-bond donors (Lipinski definition) is 0. The summed E-state index contributed by atoms with van der Waals surface area (Å²) in [6.07, 6.45) is 0.702. The van der Waals surface area contributed by atoms with Crippen LogP contribution in [0, 0.1) is 0 Å². The minimum Gasteiger partial charge on any atom is -0.497 e. The number of nitrogens with zero attached hydrogens (tertiary/aromatic N) is 6. The van der Waals surface area contributed by atoms with Crippen LogP contribution in [0.25, 0.3) is 11.2 Å². The maximum atomic E-state index is 12.7. The first-order valence-corrected chi connectivity index (χ1v) is 10.5. The van der Waals surface area contributed by atoms with Gasteiger partial charge in [-0.05, 0) is 50.6 Å². The third-order valence-corrected chi connectivity index (χ3v) is 4.49. The van der Waals surface area contributed by atoms with Crippen LogP contribution >= 0.6 is 0 Å². The Bertz CT molecular complexity index is 1310. The highest BCUT2D eigenvalue weighted by Gasteiger charge is 2.23. The van der Waals surface area contributed by atoms with E-state index in [0.29, 0.717) is 17.0 Å². The summed E-state index contributed by atoms with van der Waals surface area (Å²) >= 11 is 0. The summed E-state index contributed by atoms with van der Waals surface area (Å²) in [6, 6.07) is 16.7. The fourth-order valence-corrected chi connectivity index (χ4v) is 2.93. The smallest absolute Gasteiger partial charge is 0.421 e. The highest BCUT2D eigenvalue weighted by atomic mass is 16.6. The van der Waals surface area contributed by atoms with Gasteiger partial charge in [-0.2, -0.15) is 9.97 Å². The molecule has 0 aliphatic carbocycles. The molecule has 0 fully saturated rings. The predicted molar refractivity (Wildman–Crippen MR) is 125 cm³/mol. The monoisotopic (exact) mass is 460 g/mol. The number of rotatable bonds is 6. The van der Waals surface area contributed by atoms with Crippen LogP contribution in [0.15, 0.2) is 71.2 Å². The molecular formula is C24H24N6O4. The first kappa shape index (κ1) is 22.8. The second kappa shape index (κ2) is 9.65. The van der Waals surface area contributed by atoms with Crippen molar-refractivity contribution in [3.63, 3.8) is 0 Å². The lowest BCUT2D eigenvalue weighted by Gasteiger charge is -2.19. The van der Waals surface area contributed by atoms with Gasteiger partial charge in [0.2, 0.25) is 5.88 Å². The molecule has 4 aromatic rings. The molecule has 0 N–H and O–H groups in total. The molecule has 0 aliphatic rings. The van der Waals surface area contributed by atoms with E-state index in [-0.39, 0.29) is 24.1 Å². The van der Waals surface area contributed by atoms with Crippen LogP contribution in [0.4, 0.5) is 16.4 Å². The van der Waals surface area contributed by atoms with Gasteiger partial charge in [-0.1, -0.05) is 30.3 Å². The van der Waals surface area contributed by atoms with E-state index in [1.165, 1.54) is 10.9 Å². The van der Waals surface area contributed by atoms with Crippen molar-refractivity contribution in [1.29, 1.82) is 0 Å². The van der Waals surface area contributed by atoms with Gasteiger partial charge in [-0.15, -0.1) is 10.2 Å². The number of methoxy groups -OCH3 is 1. The van der Waals surface area contributed by atoms with Gasteiger partial charge in [-0.3, -0.25) is 0 Å². The van der Waals surface area contributed by atoms with E-state index in [4.69, 9.17) is 14.2 Å². The van der Waals surface area contributed by atoms with Crippen molar-refractivity contribution < 1.29 is 19.0 Å². The zero-order chi connectivity index (χ0) is 24.1. The summed E-state index contributed by atoms with van der Waals surface area (Å²) in [6.45, 7) is 5.59. The predicted octanol–water partition coefficient (Wildman–Crippen LogP) is 5.61. The molecular weight excluding hydrogens is 436 g/mol. The average molecular weight is 460 g/mol. The summed E-state index contributed by atoms with van der Waals surface area (Å²) in [4.78, 5) is 25.7. The molecule has 0 atom stereocenters. The maximum absolute atomic E-state index is 12.7. The minimum absolute atomic E-state index is 0.0108. The number of hydrogen-bond acceptors (Lipinski definition) is 9. The summed E-state index contributed by atoms with van der Waals surface area (Å²) in [5.41, 5.74) is 1.35. The lowest BCUT2D eigenvalue weighted by molar-refractivity contribution is 0.0543. The number of benzene rings is 2. The molecule has 0 saturated carbocycles. The molecule has 0 spiro atoms. The summed E-state index contributed by atoms with van der Waals surface area (Å²) in [5.74, 6) is 0.894. The Morgan fingerprint density at radius 1 is 1.00 bits per heavy atom. The first-order chi connectivity index (χ1) is 16.3. The van der Waals surface area contributed by atoms with Crippen molar-refractivity contribution in [2.75, 3.05) is 7.11 Å². The molecule has 0 radical (unpaired) electrons. The van der Waals surface area contributed by atoms with Crippen molar-refractivity contribution in [2.45, 2.75) is 33.0 Å². The number of fused-ring (bicyclic) bond motifs is 1. The van der Waals surface area contributed by atoms with Crippen LogP contribution < -0.4 is 9.47 Å². The third-order valence-electron chi connectivity index (χ3n) is 4.49. The van der Waals surface area contributed by atoms with E-state index in [0.717, 1.165) is 5.56 Å². The quantitative estimate of drug-likeness (QED) is 0.344. The molecule has 2 heterocycles. The molecule has 34 heavy (non-hydrogen) atoms. The molecule has 0 unspecified atom stereocenters. The molecule has 4 rings (SSSR count). The van der Waals surface area contributed by atoms with Gasteiger partial charge in [0.1, 0.15) is 24.3 Å². The summed E-state index contributed by atoms with van der Waals surface area (Å²) in [7, 11) is 1.59. The largest absolute Gasteiger partial charge is 0.497 e. The van der Waals surface area contributed by atoms with E-state index in [1.807, 2.05) is 30.3 Å². The molecule has 10 nitrogen and oxygen atoms in total. The van der Waals surface area contributed by atoms with Crippen LogP contribution in [0.1, 0.15) is 26.3 Å². The van der Waals surface area contributed by atoms with E-state index in [2.05, 4.69) is 25.2 Å². The Kier molecular flexibility index (Phi) is 6.48. The van der Waals surface area contributed by atoms with Gasteiger partial charge in [-0.25, -0.2) is 14.3 Å². The molecule has 10 heteroatoms.